The van der Waals surface area contributed by atoms with Crippen LogP contribution in [-0.4, -0.2) is 46.4 Å². The number of nitrogens with one attached hydrogen (secondary N) is 1. The van der Waals surface area contributed by atoms with Gasteiger partial charge in [0.2, 0.25) is 15.9 Å². The first-order valence-corrected chi connectivity index (χ1v) is 10.5. The molecule has 0 bridgehead atoms. The van der Waals surface area contributed by atoms with Crippen molar-refractivity contribution in [2.75, 3.05) is 30.3 Å². The predicted molar refractivity (Wildman–Crippen MR) is 101 cm³/mol. The summed E-state index contributed by atoms with van der Waals surface area (Å²) in [5.74, 6) is -0.0669. The molecular weight excluding hydrogens is 340 g/mol. The van der Waals surface area contributed by atoms with E-state index in [9.17, 15) is 13.2 Å². The van der Waals surface area contributed by atoms with Crippen molar-refractivity contribution in [3.05, 3.63) is 29.8 Å². The minimum Gasteiger partial charge on any atom is -0.379 e. The SMILES string of the molecule is Cc1ccccc1N(CCCC(=O)NCCCOC(C)C)S(C)(=O)=O. The van der Waals surface area contributed by atoms with E-state index in [4.69, 9.17) is 4.74 Å². The Morgan fingerprint density at radius 3 is 2.52 bits per heavy atom. The molecule has 0 saturated heterocycles. The van der Waals surface area contributed by atoms with Gasteiger partial charge in [-0.1, -0.05) is 18.2 Å². The summed E-state index contributed by atoms with van der Waals surface area (Å²) in [6.45, 7) is 7.29. The van der Waals surface area contributed by atoms with E-state index in [2.05, 4.69) is 5.32 Å². The van der Waals surface area contributed by atoms with Crippen molar-refractivity contribution < 1.29 is 17.9 Å². The number of rotatable bonds is 11. The summed E-state index contributed by atoms with van der Waals surface area (Å²) < 4.78 is 30.9. The number of benzene rings is 1. The fourth-order valence-electron chi connectivity index (χ4n) is 2.40. The van der Waals surface area contributed by atoms with Gasteiger partial charge in [-0.3, -0.25) is 9.10 Å². The molecule has 0 atom stereocenters. The van der Waals surface area contributed by atoms with Crippen molar-refractivity contribution in [1.82, 2.24) is 5.32 Å². The predicted octanol–water partition coefficient (Wildman–Crippen LogP) is 2.47. The highest BCUT2D eigenvalue weighted by Crippen LogP contribution is 2.22. The third-order valence-electron chi connectivity index (χ3n) is 3.64. The van der Waals surface area contributed by atoms with Crippen LogP contribution in [0.2, 0.25) is 0 Å². The Bertz CT molecular complexity index is 644. The zero-order chi connectivity index (χ0) is 18.9. The lowest BCUT2D eigenvalue weighted by Crippen LogP contribution is -2.32. The van der Waals surface area contributed by atoms with Gasteiger partial charge in [0.05, 0.1) is 18.0 Å². The number of carbonyl (C=O) groups excluding carboxylic acids is 1. The van der Waals surface area contributed by atoms with E-state index in [0.717, 1.165) is 12.0 Å². The molecule has 142 valence electrons. The van der Waals surface area contributed by atoms with Gasteiger partial charge in [-0.25, -0.2) is 8.42 Å². The highest BCUT2D eigenvalue weighted by Gasteiger charge is 2.18. The molecule has 1 aromatic rings. The molecule has 0 saturated carbocycles. The second kappa shape index (κ2) is 10.4. The first-order chi connectivity index (χ1) is 11.7. The molecule has 1 amide bonds. The topological polar surface area (TPSA) is 75.7 Å². The van der Waals surface area contributed by atoms with Crippen LogP contribution in [0, 0.1) is 6.92 Å². The van der Waals surface area contributed by atoms with E-state index in [1.165, 1.54) is 10.6 Å². The number of hydrogen-bond acceptors (Lipinski definition) is 4. The Hall–Kier alpha value is -1.60. The van der Waals surface area contributed by atoms with Crippen molar-refractivity contribution >= 4 is 21.6 Å². The Balaban J connectivity index is 2.43. The van der Waals surface area contributed by atoms with Crippen molar-refractivity contribution in [2.24, 2.45) is 0 Å². The summed E-state index contributed by atoms with van der Waals surface area (Å²) in [4.78, 5) is 11.9. The largest absolute Gasteiger partial charge is 0.379 e. The van der Waals surface area contributed by atoms with E-state index in [0.29, 0.717) is 31.7 Å². The maximum Gasteiger partial charge on any atom is 0.232 e. The normalized spacial score (nSPS) is 11.6. The van der Waals surface area contributed by atoms with Crippen LogP contribution >= 0.6 is 0 Å². The molecule has 0 aliphatic heterocycles. The van der Waals surface area contributed by atoms with Crippen LogP contribution < -0.4 is 9.62 Å². The first-order valence-electron chi connectivity index (χ1n) is 8.63. The number of anilines is 1. The Morgan fingerprint density at radius 2 is 1.92 bits per heavy atom. The standard InChI is InChI=1S/C18H30N2O4S/c1-15(2)24-14-8-12-19-18(21)11-7-13-20(25(4,22)23)17-10-6-5-9-16(17)3/h5-6,9-10,15H,7-8,11-14H2,1-4H3,(H,19,21). The summed E-state index contributed by atoms with van der Waals surface area (Å²) in [7, 11) is -3.39. The van der Waals surface area contributed by atoms with Crippen LogP contribution in [0.5, 0.6) is 0 Å². The van der Waals surface area contributed by atoms with Crippen molar-refractivity contribution in [1.29, 1.82) is 0 Å². The first kappa shape index (κ1) is 21.4. The molecular formula is C18H30N2O4S. The zero-order valence-corrected chi connectivity index (χ0v) is 16.4. The van der Waals surface area contributed by atoms with Crippen molar-refractivity contribution in [3.63, 3.8) is 0 Å². The Morgan fingerprint density at radius 1 is 1.24 bits per heavy atom. The lowest BCUT2D eigenvalue weighted by Gasteiger charge is -2.24. The number of ether oxygens (including phenoxy) is 1. The number of sulfonamides is 1. The molecule has 0 unspecified atom stereocenters. The van der Waals surface area contributed by atoms with Crippen molar-refractivity contribution in [2.45, 2.75) is 46.1 Å². The quantitative estimate of drug-likeness (QED) is 0.607. The molecule has 6 nitrogen and oxygen atoms in total. The van der Waals surface area contributed by atoms with E-state index in [1.54, 1.807) is 6.07 Å². The molecule has 1 N–H and O–H groups in total. The average Bonchev–Trinajstić information content (AvgIpc) is 2.51. The maximum absolute atomic E-state index is 12.1. The summed E-state index contributed by atoms with van der Waals surface area (Å²) in [5, 5.41) is 2.83. The molecule has 0 spiro atoms. The number of para-hydroxylation sites is 1. The molecule has 0 radical (unpaired) electrons. The summed E-state index contributed by atoms with van der Waals surface area (Å²) in [6.07, 6.45) is 2.91. The molecule has 0 aliphatic rings. The smallest absolute Gasteiger partial charge is 0.232 e. The lowest BCUT2D eigenvalue weighted by atomic mass is 10.2. The Labute approximate surface area is 151 Å². The fraction of sp³-hybridized carbons (Fsp3) is 0.611. The van der Waals surface area contributed by atoms with E-state index in [1.807, 2.05) is 39.0 Å². The second-order valence-electron chi connectivity index (χ2n) is 6.35. The average molecular weight is 371 g/mol. The molecule has 0 heterocycles. The monoisotopic (exact) mass is 370 g/mol. The van der Waals surface area contributed by atoms with Gasteiger partial charge in [0.1, 0.15) is 0 Å². The highest BCUT2D eigenvalue weighted by atomic mass is 32.2. The fourth-order valence-corrected chi connectivity index (χ4v) is 3.42. The van der Waals surface area contributed by atoms with Crippen LogP contribution in [0.1, 0.15) is 38.7 Å². The van der Waals surface area contributed by atoms with Crippen LogP contribution in [0.3, 0.4) is 0 Å². The third kappa shape index (κ3) is 8.36. The third-order valence-corrected chi connectivity index (χ3v) is 4.82. The van der Waals surface area contributed by atoms with Crippen LogP contribution in [0.15, 0.2) is 24.3 Å². The minimum atomic E-state index is -3.39. The van der Waals surface area contributed by atoms with E-state index >= 15 is 0 Å². The minimum absolute atomic E-state index is 0.0669. The van der Waals surface area contributed by atoms with Gasteiger partial charge < -0.3 is 10.1 Å². The summed E-state index contributed by atoms with van der Waals surface area (Å²) in [5.41, 5.74) is 1.55. The number of aryl methyl sites for hydroxylation is 1. The van der Waals surface area contributed by atoms with Gasteiger partial charge in [-0.05, 0) is 45.2 Å². The lowest BCUT2D eigenvalue weighted by molar-refractivity contribution is -0.121. The number of carbonyl (C=O) groups is 1. The van der Waals surface area contributed by atoms with Gasteiger partial charge in [-0.2, -0.15) is 0 Å². The summed E-state index contributed by atoms with van der Waals surface area (Å²) >= 11 is 0. The number of hydrogen-bond donors (Lipinski definition) is 1. The number of nitrogens with zero attached hydrogens (tertiary/aromatic N) is 1. The van der Waals surface area contributed by atoms with Gasteiger partial charge >= 0.3 is 0 Å². The molecule has 0 fully saturated rings. The molecule has 0 aliphatic carbocycles. The van der Waals surface area contributed by atoms with Gasteiger partial charge in [0.15, 0.2) is 0 Å². The van der Waals surface area contributed by atoms with Gasteiger partial charge in [0, 0.05) is 26.1 Å². The van der Waals surface area contributed by atoms with Gasteiger partial charge in [0.25, 0.3) is 0 Å². The summed E-state index contributed by atoms with van der Waals surface area (Å²) in [6, 6.07) is 7.34. The molecule has 1 aromatic carbocycles. The van der Waals surface area contributed by atoms with Crippen LogP contribution in [-0.2, 0) is 19.6 Å². The van der Waals surface area contributed by atoms with Crippen LogP contribution in [0.4, 0.5) is 5.69 Å². The van der Waals surface area contributed by atoms with Crippen molar-refractivity contribution in [3.8, 4) is 0 Å². The number of amides is 1. The van der Waals surface area contributed by atoms with E-state index < -0.39 is 10.0 Å². The highest BCUT2D eigenvalue weighted by molar-refractivity contribution is 7.92. The Kier molecular flexibility index (Phi) is 8.92. The van der Waals surface area contributed by atoms with Gasteiger partial charge in [-0.15, -0.1) is 0 Å². The maximum atomic E-state index is 12.1. The van der Waals surface area contributed by atoms with E-state index in [-0.39, 0.29) is 18.6 Å². The van der Waals surface area contributed by atoms with Crippen LogP contribution in [0.25, 0.3) is 0 Å². The molecule has 25 heavy (non-hydrogen) atoms. The molecule has 0 aromatic heterocycles. The second-order valence-corrected chi connectivity index (χ2v) is 8.26. The molecule has 1 rings (SSSR count). The zero-order valence-electron chi connectivity index (χ0n) is 15.6. The molecule has 7 heteroatoms.